The van der Waals surface area contributed by atoms with E-state index in [4.69, 9.17) is 4.74 Å². The predicted octanol–water partition coefficient (Wildman–Crippen LogP) is 1.58. The summed E-state index contributed by atoms with van der Waals surface area (Å²) in [5.74, 6) is -0.573. The van der Waals surface area contributed by atoms with Crippen molar-refractivity contribution in [3.05, 3.63) is 35.9 Å². The second-order valence-electron chi connectivity index (χ2n) is 5.40. The summed E-state index contributed by atoms with van der Waals surface area (Å²) in [5, 5.41) is 5.39. The van der Waals surface area contributed by atoms with Crippen molar-refractivity contribution in [2.75, 3.05) is 19.7 Å². The van der Waals surface area contributed by atoms with Crippen molar-refractivity contribution >= 4 is 17.8 Å². The summed E-state index contributed by atoms with van der Waals surface area (Å²) in [4.78, 5) is 34.3. The highest BCUT2D eigenvalue weighted by atomic mass is 16.5. The van der Waals surface area contributed by atoms with Gasteiger partial charge in [-0.05, 0) is 25.3 Å². The molecule has 0 aliphatic heterocycles. The van der Waals surface area contributed by atoms with Gasteiger partial charge >= 0.3 is 5.97 Å². The molecule has 0 atom stereocenters. The van der Waals surface area contributed by atoms with Gasteiger partial charge in [-0.25, -0.2) is 0 Å². The van der Waals surface area contributed by atoms with Gasteiger partial charge in [0.05, 0.1) is 13.0 Å². The van der Waals surface area contributed by atoms with Gasteiger partial charge in [-0.15, -0.1) is 0 Å². The number of carbonyl (C=O) groups excluding carboxylic acids is 3. The smallest absolute Gasteiger partial charge is 0.325 e. The lowest BCUT2D eigenvalue weighted by atomic mass is 10.1. The first-order valence-corrected chi connectivity index (χ1v) is 8.34. The molecule has 6 heteroatoms. The molecule has 0 aromatic heterocycles. The number of hydrogen-bond donors (Lipinski definition) is 2. The Kier molecular flexibility index (Phi) is 9.92. The number of amides is 2. The number of unbranched alkanes of at least 4 members (excludes halogenated alkanes) is 2. The number of carbonyl (C=O) groups is 3. The Morgan fingerprint density at radius 1 is 0.958 bits per heavy atom. The summed E-state index contributed by atoms with van der Waals surface area (Å²) in [7, 11) is 0. The van der Waals surface area contributed by atoms with E-state index >= 15 is 0 Å². The van der Waals surface area contributed by atoms with Gasteiger partial charge in [-0.1, -0.05) is 36.8 Å². The lowest BCUT2D eigenvalue weighted by Gasteiger charge is -2.06. The number of esters is 1. The Balaban J connectivity index is 1.99. The normalized spacial score (nSPS) is 10.0. The molecule has 0 spiro atoms. The first-order valence-electron chi connectivity index (χ1n) is 8.34. The van der Waals surface area contributed by atoms with Crippen LogP contribution in [0, 0.1) is 0 Å². The minimum Gasteiger partial charge on any atom is -0.465 e. The maximum Gasteiger partial charge on any atom is 0.325 e. The van der Waals surface area contributed by atoms with E-state index in [1.807, 2.05) is 30.3 Å². The van der Waals surface area contributed by atoms with E-state index in [9.17, 15) is 14.4 Å². The largest absolute Gasteiger partial charge is 0.465 e. The molecule has 0 heterocycles. The van der Waals surface area contributed by atoms with E-state index in [1.165, 1.54) is 0 Å². The van der Waals surface area contributed by atoms with E-state index in [2.05, 4.69) is 10.6 Å². The third-order valence-corrected chi connectivity index (χ3v) is 3.35. The molecule has 0 aliphatic carbocycles. The second kappa shape index (κ2) is 12.1. The molecule has 0 saturated carbocycles. The van der Waals surface area contributed by atoms with Crippen molar-refractivity contribution in [2.45, 2.75) is 39.0 Å². The summed E-state index contributed by atoms with van der Waals surface area (Å²) in [5.41, 5.74) is 0.994. The van der Waals surface area contributed by atoms with Gasteiger partial charge < -0.3 is 15.4 Å². The van der Waals surface area contributed by atoms with Gasteiger partial charge in [0.15, 0.2) is 0 Å². The number of rotatable bonds is 11. The Bertz CT molecular complexity index is 517. The minimum absolute atomic E-state index is 0.00776. The third kappa shape index (κ3) is 9.61. The van der Waals surface area contributed by atoms with Crippen LogP contribution in [0.2, 0.25) is 0 Å². The minimum atomic E-state index is -0.424. The van der Waals surface area contributed by atoms with Crippen LogP contribution in [0.1, 0.15) is 38.2 Å². The molecule has 1 aromatic rings. The molecule has 0 unspecified atom stereocenters. The lowest BCUT2D eigenvalue weighted by Crippen LogP contribution is -2.30. The van der Waals surface area contributed by atoms with Gasteiger partial charge in [0, 0.05) is 13.0 Å². The zero-order valence-electron chi connectivity index (χ0n) is 14.2. The van der Waals surface area contributed by atoms with Crippen LogP contribution < -0.4 is 10.6 Å². The van der Waals surface area contributed by atoms with Gasteiger partial charge in [0.2, 0.25) is 11.8 Å². The van der Waals surface area contributed by atoms with E-state index in [0.29, 0.717) is 26.0 Å². The van der Waals surface area contributed by atoms with Crippen molar-refractivity contribution in [2.24, 2.45) is 0 Å². The number of hydrogen-bond acceptors (Lipinski definition) is 4. The van der Waals surface area contributed by atoms with E-state index in [0.717, 1.165) is 24.8 Å². The summed E-state index contributed by atoms with van der Waals surface area (Å²) >= 11 is 0. The van der Waals surface area contributed by atoms with Crippen LogP contribution in [-0.2, 0) is 25.5 Å². The predicted molar refractivity (Wildman–Crippen MR) is 91.3 cm³/mol. The SMILES string of the molecule is CCOC(=O)CNC(=O)CCCCCNC(=O)Cc1ccccc1. The highest BCUT2D eigenvalue weighted by Crippen LogP contribution is 2.01. The van der Waals surface area contributed by atoms with Crippen molar-refractivity contribution in [3.8, 4) is 0 Å². The maximum atomic E-state index is 11.7. The molecular weight excluding hydrogens is 308 g/mol. The summed E-state index contributed by atoms with van der Waals surface area (Å²) < 4.78 is 4.72. The Morgan fingerprint density at radius 2 is 1.71 bits per heavy atom. The van der Waals surface area contributed by atoms with Crippen molar-refractivity contribution in [1.29, 1.82) is 0 Å². The third-order valence-electron chi connectivity index (χ3n) is 3.35. The Morgan fingerprint density at radius 3 is 2.42 bits per heavy atom. The van der Waals surface area contributed by atoms with E-state index < -0.39 is 5.97 Å². The Labute approximate surface area is 143 Å². The topological polar surface area (TPSA) is 84.5 Å². The molecule has 1 rings (SSSR count). The molecule has 6 nitrogen and oxygen atoms in total. The van der Waals surface area contributed by atoms with Crippen molar-refractivity contribution in [3.63, 3.8) is 0 Å². The number of benzene rings is 1. The van der Waals surface area contributed by atoms with Crippen LogP contribution in [0.3, 0.4) is 0 Å². The van der Waals surface area contributed by atoms with Crippen LogP contribution in [0.25, 0.3) is 0 Å². The molecule has 0 fully saturated rings. The van der Waals surface area contributed by atoms with Crippen molar-refractivity contribution < 1.29 is 19.1 Å². The molecule has 24 heavy (non-hydrogen) atoms. The van der Waals surface area contributed by atoms with Crippen LogP contribution in [0.4, 0.5) is 0 Å². The fourth-order valence-corrected chi connectivity index (χ4v) is 2.13. The number of ether oxygens (including phenoxy) is 1. The van der Waals surface area contributed by atoms with Gasteiger partial charge in [-0.2, -0.15) is 0 Å². The summed E-state index contributed by atoms with van der Waals surface area (Å²) in [6.07, 6.45) is 3.15. The summed E-state index contributed by atoms with van der Waals surface area (Å²) in [6, 6.07) is 9.60. The van der Waals surface area contributed by atoms with E-state index in [1.54, 1.807) is 6.92 Å². The first kappa shape index (κ1) is 19.7. The first-order chi connectivity index (χ1) is 11.6. The second-order valence-corrected chi connectivity index (χ2v) is 5.40. The molecule has 132 valence electrons. The fraction of sp³-hybridized carbons (Fsp3) is 0.500. The zero-order chi connectivity index (χ0) is 17.6. The molecule has 2 amide bonds. The van der Waals surface area contributed by atoms with Crippen molar-refractivity contribution in [1.82, 2.24) is 10.6 Å². The maximum absolute atomic E-state index is 11.7. The molecule has 1 aromatic carbocycles. The summed E-state index contributed by atoms with van der Waals surface area (Å²) in [6.45, 7) is 2.56. The van der Waals surface area contributed by atoms with Gasteiger partial charge in [0.25, 0.3) is 0 Å². The fourth-order valence-electron chi connectivity index (χ4n) is 2.13. The van der Waals surface area contributed by atoms with Gasteiger partial charge in [0.1, 0.15) is 6.54 Å². The average Bonchev–Trinajstić information content (AvgIpc) is 2.57. The van der Waals surface area contributed by atoms with Crippen LogP contribution in [0.5, 0.6) is 0 Å². The Hall–Kier alpha value is -2.37. The standard InChI is InChI=1S/C18H26N2O4/c1-2-24-18(23)14-20-16(21)11-7-4-8-12-19-17(22)13-15-9-5-3-6-10-15/h3,5-6,9-10H,2,4,7-8,11-14H2,1H3,(H,19,22)(H,20,21). The van der Waals surface area contributed by atoms with E-state index in [-0.39, 0.29) is 18.4 Å². The average molecular weight is 334 g/mol. The highest BCUT2D eigenvalue weighted by molar-refractivity contribution is 5.81. The van der Waals surface area contributed by atoms with Crippen LogP contribution in [-0.4, -0.2) is 37.5 Å². The molecule has 2 N–H and O–H groups in total. The molecule has 0 bridgehead atoms. The quantitative estimate of drug-likeness (QED) is 0.475. The molecule has 0 aliphatic rings. The highest BCUT2D eigenvalue weighted by Gasteiger charge is 2.06. The monoisotopic (exact) mass is 334 g/mol. The van der Waals surface area contributed by atoms with Crippen LogP contribution >= 0.6 is 0 Å². The lowest BCUT2D eigenvalue weighted by molar-refractivity contribution is -0.143. The van der Waals surface area contributed by atoms with Crippen LogP contribution in [0.15, 0.2) is 30.3 Å². The molecule has 0 radical (unpaired) electrons. The number of nitrogens with one attached hydrogen (secondary N) is 2. The van der Waals surface area contributed by atoms with Gasteiger partial charge in [-0.3, -0.25) is 14.4 Å². The molecule has 0 saturated heterocycles. The zero-order valence-corrected chi connectivity index (χ0v) is 14.2. The molecular formula is C18H26N2O4.